The van der Waals surface area contributed by atoms with Crippen molar-refractivity contribution in [2.45, 2.75) is 65.0 Å². The Kier molecular flexibility index (Phi) is 12.6. The maximum atomic E-state index is 5.84. The molecule has 0 atom stereocenters. The Labute approximate surface area is 177 Å². The fraction of sp³-hybridized carbons (Fsp3) is 0.955. The summed E-state index contributed by atoms with van der Waals surface area (Å²) >= 11 is 0. The fourth-order valence-corrected chi connectivity index (χ4v) is 3.75. The Morgan fingerprint density at radius 2 is 1.90 bits per heavy atom. The van der Waals surface area contributed by atoms with E-state index >= 15 is 0 Å². The fourth-order valence-electron chi connectivity index (χ4n) is 3.75. The third-order valence-corrected chi connectivity index (χ3v) is 5.54. The Morgan fingerprint density at radius 3 is 2.59 bits per heavy atom. The highest BCUT2D eigenvalue weighted by Gasteiger charge is 2.19. The second kappa shape index (κ2) is 15.0. The molecule has 2 rings (SSSR count). The molecule has 2 N–H and O–H groups in total. The molecule has 29 heavy (non-hydrogen) atoms. The van der Waals surface area contributed by atoms with E-state index in [2.05, 4.69) is 36.3 Å². The molecule has 0 aliphatic carbocycles. The molecule has 7 heteroatoms. The van der Waals surface area contributed by atoms with Crippen molar-refractivity contribution < 1.29 is 14.2 Å². The summed E-state index contributed by atoms with van der Waals surface area (Å²) in [5.41, 5.74) is 0. The number of ether oxygens (including phenoxy) is 3. The van der Waals surface area contributed by atoms with Crippen molar-refractivity contribution >= 4 is 5.96 Å². The van der Waals surface area contributed by atoms with Gasteiger partial charge < -0.3 is 29.7 Å². The number of rotatable bonds is 12. The first-order chi connectivity index (χ1) is 14.2. The van der Waals surface area contributed by atoms with Crippen LogP contribution in [0.4, 0.5) is 0 Å². The van der Waals surface area contributed by atoms with Crippen LogP contribution in [0.15, 0.2) is 4.99 Å². The number of aliphatic imine (C=N–C) groups is 1. The normalized spacial score (nSPS) is 20.3. The average molecular weight is 413 g/mol. The van der Waals surface area contributed by atoms with Gasteiger partial charge in [-0.05, 0) is 58.8 Å². The van der Waals surface area contributed by atoms with Crippen LogP contribution in [-0.2, 0) is 14.2 Å². The van der Waals surface area contributed by atoms with Gasteiger partial charge in [-0.25, -0.2) is 0 Å². The van der Waals surface area contributed by atoms with Gasteiger partial charge >= 0.3 is 0 Å². The molecule has 0 unspecified atom stereocenters. The second-order valence-corrected chi connectivity index (χ2v) is 8.42. The number of nitrogens with one attached hydrogen (secondary N) is 2. The van der Waals surface area contributed by atoms with Gasteiger partial charge in [0.1, 0.15) is 0 Å². The van der Waals surface area contributed by atoms with Gasteiger partial charge in [-0.1, -0.05) is 0 Å². The topological polar surface area (TPSA) is 67.4 Å². The van der Waals surface area contributed by atoms with Gasteiger partial charge in [0.2, 0.25) is 0 Å². The molecule has 2 heterocycles. The van der Waals surface area contributed by atoms with Crippen molar-refractivity contribution in [3.63, 3.8) is 0 Å². The maximum absolute atomic E-state index is 5.84. The highest BCUT2D eigenvalue weighted by Crippen LogP contribution is 2.14. The molecule has 2 saturated heterocycles. The van der Waals surface area contributed by atoms with E-state index < -0.39 is 0 Å². The Morgan fingerprint density at radius 1 is 1.14 bits per heavy atom. The van der Waals surface area contributed by atoms with E-state index in [1.807, 2.05) is 0 Å². The SMILES string of the molecule is CCNC(=NCCCOCC1CCOCC1)NC1CCN(CCOC(C)C)CC1. The van der Waals surface area contributed by atoms with Crippen molar-refractivity contribution in [1.82, 2.24) is 15.5 Å². The van der Waals surface area contributed by atoms with E-state index in [-0.39, 0.29) is 0 Å². The second-order valence-electron chi connectivity index (χ2n) is 8.42. The van der Waals surface area contributed by atoms with E-state index in [1.54, 1.807) is 0 Å². The maximum Gasteiger partial charge on any atom is 0.191 e. The number of hydrogen-bond donors (Lipinski definition) is 2. The smallest absolute Gasteiger partial charge is 0.191 e. The predicted molar refractivity (Wildman–Crippen MR) is 119 cm³/mol. The first kappa shape index (κ1) is 24.4. The zero-order chi connectivity index (χ0) is 20.7. The lowest BCUT2D eigenvalue weighted by atomic mass is 10.0. The van der Waals surface area contributed by atoms with E-state index in [0.717, 1.165) is 104 Å². The standard InChI is InChI=1S/C22H44N4O3/c1-4-23-22(24-10-5-14-28-18-20-8-15-27-16-9-20)25-21-6-11-26(12-7-21)13-17-29-19(2)3/h19-21H,4-18H2,1-3H3,(H2,23,24,25). The lowest BCUT2D eigenvalue weighted by Gasteiger charge is -2.33. The summed E-state index contributed by atoms with van der Waals surface area (Å²) in [7, 11) is 0. The Hall–Kier alpha value is -0.890. The molecule has 0 aromatic carbocycles. The summed E-state index contributed by atoms with van der Waals surface area (Å²) in [6.07, 6.45) is 5.86. The van der Waals surface area contributed by atoms with Gasteiger partial charge in [0.05, 0.1) is 12.7 Å². The van der Waals surface area contributed by atoms with Crippen LogP contribution in [0.1, 0.15) is 52.9 Å². The summed E-state index contributed by atoms with van der Waals surface area (Å²) in [6.45, 7) is 15.5. The van der Waals surface area contributed by atoms with Crippen LogP contribution in [0.3, 0.4) is 0 Å². The summed E-state index contributed by atoms with van der Waals surface area (Å²) in [4.78, 5) is 7.24. The Bertz CT molecular complexity index is 434. The lowest BCUT2D eigenvalue weighted by molar-refractivity contribution is 0.0205. The molecule has 0 spiro atoms. The molecule has 0 amide bonds. The zero-order valence-electron chi connectivity index (χ0n) is 19.0. The van der Waals surface area contributed by atoms with Crippen molar-refractivity contribution in [1.29, 1.82) is 0 Å². The van der Waals surface area contributed by atoms with Crippen LogP contribution in [-0.4, -0.2) is 88.8 Å². The van der Waals surface area contributed by atoms with Crippen LogP contribution in [0.2, 0.25) is 0 Å². The van der Waals surface area contributed by atoms with Crippen LogP contribution in [0, 0.1) is 5.92 Å². The number of likely N-dealkylation sites (tertiary alicyclic amines) is 1. The van der Waals surface area contributed by atoms with Gasteiger partial charge in [0.25, 0.3) is 0 Å². The average Bonchev–Trinajstić information content (AvgIpc) is 2.72. The molecular formula is C22H44N4O3. The van der Waals surface area contributed by atoms with Gasteiger partial charge in [-0.2, -0.15) is 0 Å². The minimum absolute atomic E-state index is 0.320. The molecule has 0 aromatic heterocycles. The van der Waals surface area contributed by atoms with Crippen molar-refractivity contribution in [2.24, 2.45) is 10.9 Å². The van der Waals surface area contributed by atoms with Crippen molar-refractivity contribution in [2.75, 3.05) is 65.8 Å². The molecule has 170 valence electrons. The molecule has 2 aliphatic heterocycles. The summed E-state index contributed by atoms with van der Waals surface area (Å²) in [5.74, 6) is 1.62. The molecule has 2 fully saturated rings. The monoisotopic (exact) mass is 412 g/mol. The third kappa shape index (κ3) is 11.2. The molecule has 0 saturated carbocycles. The van der Waals surface area contributed by atoms with E-state index in [9.17, 15) is 0 Å². The molecule has 0 bridgehead atoms. The number of guanidine groups is 1. The summed E-state index contributed by atoms with van der Waals surface area (Å²) in [5, 5.41) is 7.00. The largest absolute Gasteiger partial charge is 0.381 e. The zero-order valence-corrected chi connectivity index (χ0v) is 19.0. The third-order valence-electron chi connectivity index (χ3n) is 5.54. The van der Waals surface area contributed by atoms with Gasteiger partial charge in [-0.15, -0.1) is 0 Å². The lowest BCUT2D eigenvalue weighted by Crippen LogP contribution is -2.49. The van der Waals surface area contributed by atoms with E-state index in [4.69, 9.17) is 19.2 Å². The van der Waals surface area contributed by atoms with Crippen LogP contribution in [0.25, 0.3) is 0 Å². The van der Waals surface area contributed by atoms with E-state index in [0.29, 0.717) is 18.1 Å². The minimum Gasteiger partial charge on any atom is -0.381 e. The van der Waals surface area contributed by atoms with Gasteiger partial charge in [0.15, 0.2) is 5.96 Å². The van der Waals surface area contributed by atoms with Crippen LogP contribution < -0.4 is 10.6 Å². The van der Waals surface area contributed by atoms with Crippen LogP contribution >= 0.6 is 0 Å². The van der Waals surface area contributed by atoms with Gasteiger partial charge in [-0.3, -0.25) is 4.99 Å². The minimum atomic E-state index is 0.320. The number of piperidine rings is 1. The predicted octanol–water partition coefficient (Wildman–Crippen LogP) is 2.26. The molecule has 0 aromatic rings. The van der Waals surface area contributed by atoms with Crippen molar-refractivity contribution in [3.05, 3.63) is 0 Å². The molecular weight excluding hydrogens is 368 g/mol. The number of nitrogens with zero attached hydrogens (tertiary/aromatic N) is 2. The van der Waals surface area contributed by atoms with Crippen LogP contribution in [0.5, 0.6) is 0 Å². The highest BCUT2D eigenvalue weighted by atomic mass is 16.5. The molecule has 7 nitrogen and oxygen atoms in total. The summed E-state index contributed by atoms with van der Waals surface area (Å²) < 4.78 is 16.9. The number of hydrogen-bond acceptors (Lipinski definition) is 5. The molecule has 0 radical (unpaired) electrons. The molecule has 2 aliphatic rings. The Balaban J connectivity index is 1.57. The quantitative estimate of drug-likeness (QED) is 0.291. The van der Waals surface area contributed by atoms with Crippen molar-refractivity contribution in [3.8, 4) is 0 Å². The van der Waals surface area contributed by atoms with E-state index in [1.165, 1.54) is 0 Å². The van der Waals surface area contributed by atoms with Gasteiger partial charge in [0, 0.05) is 65.2 Å². The first-order valence-electron chi connectivity index (χ1n) is 11.7. The first-order valence-corrected chi connectivity index (χ1v) is 11.7. The summed E-state index contributed by atoms with van der Waals surface area (Å²) in [6, 6.07) is 0.500. The highest BCUT2D eigenvalue weighted by molar-refractivity contribution is 5.80.